The van der Waals surface area contributed by atoms with E-state index in [1.165, 1.54) is 55.2 Å². The van der Waals surface area contributed by atoms with Crippen molar-refractivity contribution < 1.29 is 4.74 Å². The van der Waals surface area contributed by atoms with Gasteiger partial charge in [-0.15, -0.1) is 0 Å². The minimum absolute atomic E-state index is 0.511. The van der Waals surface area contributed by atoms with Crippen molar-refractivity contribution in [3.05, 3.63) is 65.2 Å². The van der Waals surface area contributed by atoms with Crippen LogP contribution in [0.2, 0.25) is 0 Å². The van der Waals surface area contributed by atoms with E-state index in [1.54, 1.807) is 0 Å². The Morgan fingerprint density at radius 3 is 2.32 bits per heavy atom. The molecule has 1 aliphatic rings. The summed E-state index contributed by atoms with van der Waals surface area (Å²) < 4.78 is 6.26. The van der Waals surface area contributed by atoms with Gasteiger partial charge in [-0.1, -0.05) is 88.4 Å². The van der Waals surface area contributed by atoms with E-state index in [4.69, 9.17) is 4.74 Å². The topological polar surface area (TPSA) is 21.3 Å². The zero-order chi connectivity index (χ0) is 19.8. The maximum Gasteiger partial charge on any atom is 0.124 e. The Balaban J connectivity index is 1.55. The fraction of sp³-hybridized carbons (Fsp3) is 0.538. The van der Waals surface area contributed by atoms with E-state index >= 15 is 0 Å². The van der Waals surface area contributed by atoms with Crippen LogP contribution < -0.4 is 10.1 Å². The van der Waals surface area contributed by atoms with Crippen molar-refractivity contribution in [2.45, 2.75) is 84.4 Å². The highest BCUT2D eigenvalue weighted by atomic mass is 16.5. The Morgan fingerprint density at radius 1 is 0.893 bits per heavy atom. The average Bonchev–Trinajstić information content (AvgIpc) is 2.72. The maximum absolute atomic E-state index is 6.26. The Labute approximate surface area is 171 Å². The number of para-hydroxylation sites is 1. The fourth-order valence-electron chi connectivity index (χ4n) is 4.47. The SMILES string of the molecule is CC(CC1CCCCC1)NCc1ccccc1OCc1ccccc1C(C)C. The number of hydrogen-bond acceptors (Lipinski definition) is 2. The van der Waals surface area contributed by atoms with Crippen LogP contribution >= 0.6 is 0 Å². The molecule has 1 saturated carbocycles. The lowest BCUT2D eigenvalue weighted by Gasteiger charge is -2.25. The van der Waals surface area contributed by atoms with E-state index in [-0.39, 0.29) is 0 Å². The molecule has 0 heterocycles. The summed E-state index contributed by atoms with van der Waals surface area (Å²) in [6.07, 6.45) is 8.41. The van der Waals surface area contributed by atoms with Crippen molar-refractivity contribution in [3.8, 4) is 5.75 Å². The zero-order valence-corrected chi connectivity index (χ0v) is 17.9. The van der Waals surface area contributed by atoms with Crippen LogP contribution in [0.4, 0.5) is 0 Å². The molecule has 0 aliphatic heterocycles. The van der Waals surface area contributed by atoms with Crippen LogP contribution in [0, 0.1) is 5.92 Å². The molecule has 1 fully saturated rings. The van der Waals surface area contributed by atoms with Crippen molar-refractivity contribution in [2.24, 2.45) is 5.92 Å². The number of ether oxygens (including phenoxy) is 1. The first-order valence-corrected chi connectivity index (χ1v) is 11.2. The van der Waals surface area contributed by atoms with Crippen LogP contribution in [0.1, 0.15) is 81.9 Å². The third-order valence-electron chi connectivity index (χ3n) is 6.09. The van der Waals surface area contributed by atoms with Crippen molar-refractivity contribution in [3.63, 3.8) is 0 Å². The Bertz CT molecular complexity index is 718. The summed E-state index contributed by atoms with van der Waals surface area (Å²) in [5.74, 6) is 2.42. The Kier molecular flexibility index (Phi) is 7.97. The van der Waals surface area contributed by atoms with E-state index < -0.39 is 0 Å². The molecule has 2 nitrogen and oxygen atoms in total. The molecule has 1 N–H and O–H groups in total. The van der Waals surface area contributed by atoms with Gasteiger partial charge < -0.3 is 10.1 Å². The number of rotatable bonds is 9. The molecule has 28 heavy (non-hydrogen) atoms. The first kappa shape index (κ1) is 20.9. The van der Waals surface area contributed by atoms with Gasteiger partial charge in [0.15, 0.2) is 0 Å². The normalized spacial score (nSPS) is 16.3. The highest BCUT2D eigenvalue weighted by molar-refractivity contribution is 5.35. The summed E-state index contributed by atoms with van der Waals surface area (Å²) in [4.78, 5) is 0. The highest BCUT2D eigenvalue weighted by Gasteiger charge is 2.16. The Hall–Kier alpha value is -1.80. The van der Waals surface area contributed by atoms with E-state index in [1.807, 2.05) is 0 Å². The van der Waals surface area contributed by atoms with Crippen LogP contribution in [0.25, 0.3) is 0 Å². The summed E-state index contributed by atoms with van der Waals surface area (Å²) in [5, 5.41) is 3.73. The summed E-state index contributed by atoms with van der Waals surface area (Å²) in [6, 6.07) is 17.6. The third-order valence-corrected chi connectivity index (χ3v) is 6.09. The van der Waals surface area contributed by atoms with Crippen LogP contribution in [0.3, 0.4) is 0 Å². The molecule has 3 rings (SSSR count). The minimum atomic E-state index is 0.511. The molecule has 152 valence electrons. The maximum atomic E-state index is 6.26. The fourth-order valence-corrected chi connectivity index (χ4v) is 4.47. The smallest absolute Gasteiger partial charge is 0.124 e. The van der Waals surface area contributed by atoms with Crippen molar-refractivity contribution in [1.82, 2.24) is 5.32 Å². The summed E-state index contributed by atoms with van der Waals surface area (Å²) in [7, 11) is 0. The molecule has 2 aromatic carbocycles. The molecule has 0 spiro atoms. The molecule has 0 radical (unpaired) electrons. The molecule has 2 aromatic rings. The van der Waals surface area contributed by atoms with Gasteiger partial charge in [0, 0.05) is 18.2 Å². The van der Waals surface area contributed by atoms with Gasteiger partial charge in [-0.25, -0.2) is 0 Å². The second-order valence-electron chi connectivity index (χ2n) is 8.77. The van der Waals surface area contributed by atoms with Crippen LogP contribution in [0.5, 0.6) is 5.75 Å². The standard InChI is InChI=1S/C26H37NO/c1-20(2)25-15-9-7-14-24(25)19-28-26-16-10-8-13-23(26)18-27-21(3)17-22-11-5-4-6-12-22/h7-10,13-16,20-22,27H,4-6,11-12,17-19H2,1-3H3. The predicted octanol–water partition coefficient (Wildman–Crippen LogP) is 6.84. The lowest BCUT2D eigenvalue weighted by molar-refractivity contribution is 0.293. The van der Waals surface area contributed by atoms with Crippen LogP contribution in [0.15, 0.2) is 48.5 Å². The van der Waals surface area contributed by atoms with Crippen molar-refractivity contribution >= 4 is 0 Å². The summed E-state index contributed by atoms with van der Waals surface area (Å²) in [5.41, 5.74) is 3.91. The van der Waals surface area contributed by atoms with Crippen molar-refractivity contribution in [1.29, 1.82) is 0 Å². The van der Waals surface area contributed by atoms with Gasteiger partial charge >= 0.3 is 0 Å². The molecule has 0 amide bonds. The van der Waals surface area contributed by atoms with Gasteiger partial charge in [0.2, 0.25) is 0 Å². The number of hydrogen-bond donors (Lipinski definition) is 1. The highest BCUT2D eigenvalue weighted by Crippen LogP contribution is 2.28. The van der Waals surface area contributed by atoms with E-state index in [0.717, 1.165) is 18.2 Å². The Morgan fingerprint density at radius 2 is 1.57 bits per heavy atom. The first-order chi connectivity index (χ1) is 13.6. The summed E-state index contributed by atoms with van der Waals surface area (Å²) in [6.45, 7) is 8.31. The quantitative estimate of drug-likeness (QED) is 0.515. The number of nitrogens with one attached hydrogen (secondary N) is 1. The molecule has 1 unspecified atom stereocenters. The van der Waals surface area contributed by atoms with Gasteiger partial charge in [-0.3, -0.25) is 0 Å². The van der Waals surface area contributed by atoms with E-state index in [0.29, 0.717) is 18.6 Å². The zero-order valence-electron chi connectivity index (χ0n) is 17.9. The largest absolute Gasteiger partial charge is 0.489 e. The predicted molar refractivity (Wildman–Crippen MR) is 119 cm³/mol. The first-order valence-electron chi connectivity index (χ1n) is 11.2. The van der Waals surface area contributed by atoms with Crippen LogP contribution in [-0.2, 0) is 13.2 Å². The second kappa shape index (κ2) is 10.7. The molecule has 2 heteroatoms. The molecular formula is C26H37NO. The minimum Gasteiger partial charge on any atom is -0.489 e. The average molecular weight is 380 g/mol. The molecule has 1 aliphatic carbocycles. The monoisotopic (exact) mass is 379 g/mol. The van der Waals surface area contributed by atoms with Gasteiger partial charge in [0.05, 0.1) is 0 Å². The van der Waals surface area contributed by atoms with Gasteiger partial charge in [0.1, 0.15) is 12.4 Å². The third kappa shape index (κ3) is 6.10. The van der Waals surface area contributed by atoms with E-state index in [9.17, 15) is 0 Å². The lowest BCUT2D eigenvalue weighted by atomic mass is 9.85. The molecular weight excluding hydrogens is 342 g/mol. The van der Waals surface area contributed by atoms with E-state index in [2.05, 4.69) is 74.6 Å². The van der Waals surface area contributed by atoms with Crippen molar-refractivity contribution in [2.75, 3.05) is 0 Å². The van der Waals surface area contributed by atoms with Gasteiger partial charge in [-0.05, 0) is 42.4 Å². The van der Waals surface area contributed by atoms with Gasteiger partial charge in [-0.2, -0.15) is 0 Å². The number of benzene rings is 2. The van der Waals surface area contributed by atoms with Gasteiger partial charge in [0.25, 0.3) is 0 Å². The van der Waals surface area contributed by atoms with Crippen LogP contribution in [-0.4, -0.2) is 6.04 Å². The molecule has 1 atom stereocenters. The molecule has 0 aromatic heterocycles. The lowest BCUT2D eigenvalue weighted by Crippen LogP contribution is -2.28. The molecule has 0 bridgehead atoms. The molecule has 0 saturated heterocycles. The second-order valence-corrected chi connectivity index (χ2v) is 8.77. The summed E-state index contributed by atoms with van der Waals surface area (Å²) >= 11 is 0.